The van der Waals surface area contributed by atoms with E-state index in [9.17, 15) is 4.79 Å². The highest BCUT2D eigenvalue weighted by molar-refractivity contribution is 5.95. The number of carbonyl (C=O) groups excluding carboxylic acids is 1. The Labute approximate surface area is 102 Å². The summed E-state index contributed by atoms with van der Waals surface area (Å²) in [4.78, 5) is 11.7. The molecule has 0 heterocycles. The van der Waals surface area contributed by atoms with E-state index in [0.717, 1.165) is 5.71 Å². The van der Waals surface area contributed by atoms with Crippen LogP contribution in [0, 0.1) is 5.92 Å². The second-order valence-electron chi connectivity index (χ2n) is 4.54. The first kappa shape index (κ1) is 11.8. The zero-order valence-electron chi connectivity index (χ0n) is 10.1. The van der Waals surface area contributed by atoms with Gasteiger partial charge in [0.05, 0.1) is 0 Å². The molecule has 1 fully saturated rings. The van der Waals surface area contributed by atoms with Crippen LogP contribution in [0.25, 0.3) is 0 Å². The van der Waals surface area contributed by atoms with Crippen molar-refractivity contribution in [1.29, 1.82) is 0 Å². The summed E-state index contributed by atoms with van der Waals surface area (Å²) in [6.45, 7) is 2.00. The molecule has 2 rings (SSSR count). The maximum absolute atomic E-state index is 11.7. The zero-order valence-corrected chi connectivity index (χ0v) is 10.1. The molecule has 0 aliphatic heterocycles. The number of hydrazone groups is 1. The van der Waals surface area contributed by atoms with Crippen LogP contribution in [0.2, 0.25) is 0 Å². The Balaban J connectivity index is 1.93. The van der Waals surface area contributed by atoms with Crippen LogP contribution < -0.4 is 5.43 Å². The van der Waals surface area contributed by atoms with E-state index in [-0.39, 0.29) is 5.91 Å². The minimum Gasteiger partial charge on any atom is -0.267 e. The number of carbonyl (C=O) groups is 1. The van der Waals surface area contributed by atoms with Gasteiger partial charge in [0.1, 0.15) is 0 Å². The van der Waals surface area contributed by atoms with Crippen LogP contribution in [-0.2, 0) is 0 Å². The van der Waals surface area contributed by atoms with Gasteiger partial charge in [-0.05, 0) is 37.8 Å². The van der Waals surface area contributed by atoms with Crippen molar-refractivity contribution in [2.45, 2.75) is 32.6 Å². The van der Waals surface area contributed by atoms with Crippen molar-refractivity contribution in [1.82, 2.24) is 5.43 Å². The van der Waals surface area contributed by atoms with Gasteiger partial charge in [-0.15, -0.1) is 0 Å². The minimum atomic E-state index is -0.136. The second kappa shape index (κ2) is 5.62. The lowest BCUT2D eigenvalue weighted by molar-refractivity contribution is 0.0954. The summed E-state index contributed by atoms with van der Waals surface area (Å²) in [7, 11) is 0. The molecule has 0 radical (unpaired) electrons. The van der Waals surface area contributed by atoms with E-state index in [1.807, 2.05) is 25.1 Å². The fourth-order valence-corrected chi connectivity index (χ4v) is 2.23. The number of hydrogen-bond donors (Lipinski definition) is 1. The topological polar surface area (TPSA) is 41.5 Å². The largest absolute Gasteiger partial charge is 0.271 e. The lowest BCUT2D eigenvalue weighted by atomic mass is 10.0. The Kier molecular flexibility index (Phi) is 3.91. The molecule has 0 spiro atoms. The van der Waals surface area contributed by atoms with Gasteiger partial charge in [-0.25, -0.2) is 5.43 Å². The van der Waals surface area contributed by atoms with E-state index in [4.69, 9.17) is 0 Å². The molecule has 1 amide bonds. The van der Waals surface area contributed by atoms with Gasteiger partial charge in [0.25, 0.3) is 5.91 Å². The first-order valence-electron chi connectivity index (χ1n) is 6.17. The molecule has 1 aliphatic carbocycles. The number of benzene rings is 1. The first-order valence-corrected chi connectivity index (χ1v) is 6.17. The van der Waals surface area contributed by atoms with Gasteiger partial charge in [0.15, 0.2) is 0 Å². The highest BCUT2D eigenvalue weighted by Gasteiger charge is 2.17. The van der Waals surface area contributed by atoms with Crippen molar-refractivity contribution in [2.24, 2.45) is 11.0 Å². The Morgan fingerprint density at radius 1 is 1.24 bits per heavy atom. The summed E-state index contributed by atoms with van der Waals surface area (Å²) in [5.41, 5.74) is 4.32. The standard InChI is InChI=1S/C14H18N2O/c1-11(12-7-5-6-8-12)15-16-14(17)13-9-3-2-4-10-13/h2-4,9-10,12H,5-8H2,1H3,(H,16,17). The van der Waals surface area contributed by atoms with Gasteiger partial charge in [-0.1, -0.05) is 31.0 Å². The molecule has 17 heavy (non-hydrogen) atoms. The van der Waals surface area contributed by atoms with E-state index < -0.39 is 0 Å². The van der Waals surface area contributed by atoms with Gasteiger partial charge in [-0.2, -0.15) is 5.10 Å². The maximum Gasteiger partial charge on any atom is 0.271 e. The average molecular weight is 230 g/mol. The van der Waals surface area contributed by atoms with Crippen LogP contribution in [0.3, 0.4) is 0 Å². The van der Waals surface area contributed by atoms with Crippen molar-refractivity contribution >= 4 is 11.6 Å². The first-order chi connectivity index (χ1) is 8.27. The molecule has 3 heteroatoms. The van der Waals surface area contributed by atoms with Crippen LogP contribution in [0.15, 0.2) is 35.4 Å². The molecular weight excluding hydrogens is 212 g/mol. The molecule has 0 atom stereocenters. The van der Waals surface area contributed by atoms with E-state index in [1.165, 1.54) is 25.7 Å². The van der Waals surface area contributed by atoms with Crippen LogP contribution in [0.1, 0.15) is 43.0 Å². The van der Waals surface area contributed by atoms with E-state index in [2.05, 4.69) is 10.5 Å². The Bertz CT molecular complexity index is 405. The minimum absolute atomic E-state index is 0.136. The van der Waals surface area contributed by atoms with E-state index in [0.29, 0.717) is 11.5 Å². The van der Waals surface area contributed by atoms with Crippen molar-refractivity contribution < 1.29 is 4.79 Å². The van der Waals surface area contributed by atoms with E-state index in [1.54, 1.807) is 12.1 Å². The molecule has 0 saturated heterocycles. The van der Waals surface area contributed by atoms with Crippen LogP contribution >= 0.6 is 0 Å². The Hall–Kier alpha value is -1.64. The summed E-state index contributed by atoms with van der Waals surface area (Å²) in [6.07, 6.45) is 4.97. The normalized spacial score (nSPS) is 17.1. The molecule has 1 aliphatic rings. The zero-order chi connectivity index (χ0) is 12.1. The molecule has 1 aromatic carbocycles. The van der Waals surface area contributed by atoms with E-state index >= 15 is 0 Å². The SMILES string of the molecule is CC(=NNC(=O)c1ccccc1)C1CCCC1. The van der Waals surface area contributed by atoms with Gasteiger partial charge in [0, 0.05) is 11.3 Å². The summed E-state index contributed by atoms with van der Waals surface area (Å²) >= 11 is 0. The van der Waals surface area contributed by atoms with Gasteiger partial charge in [-0.3, -0.25) is 4.79 Å². The maximum atomic E-state index is 11.7. The second-order valence-corrected chi connectivity index (χ2v) is 4.54. The molecule has 0 bridgehead atoms. The summed E-state index contributed by atoms with van der Waals surface area (Å²) in [5, 5.41) is 4.20. The highest BCUT2D eigenvalue weighted by Crippen LogP contribution is 2.25. The van der Waals surface area contributed by atoms with Crippen molar-refractivity contribution in [3.8, 4) is 0 Å². The van der Waals surface area contributed by atoms with Crippen LogP contribution in [0.5, 0.6) is 0 Å². The molecular formula is C14H18N2O. The molecule has 1 aromatic rings. The number of amides is 1. The third-order valence-electron chi connectivity index (χ3n) is 3.32. The monoisotopic (exact) mass is 230 g/mol. The number of nitrogens with one attached hydrogen (secondary N) is 1. The Morgan fingerprint density at radius 2 is 1.88 bits per heavy atom. The van der Waals surface area contributed by atoms with Crippen molar-refractivity contribution in [2.75, 3.05) is 0 Å². The number of nitrogens with zero attached hydrogens (tertiary/aromatic N) is 1. The lowest BCUT2D eigenvalue weighted by Crippen LogP contribution is -2.21. The molecule has 90 valence electrons. The van der Waals surface area contributed by atoms with Crippen LogP contribution in [-0.4, -0.2) is 11.6 Å². The Morgan fingerprint density at radius 3 is 2.53 bits per heavy atom. The highest BCUT2D eigenvalue weighted by atomic mass is 16.2. The molecule has 0 unspecified atom stereocenters. The number of hydrogen-bond acceptors (Lipinski definition) is 2. The average Bonchev–Trinajstić information content (AvgIpc) is 2.90. The summed E-state index contributed by atoms with van der Waals surface area (Å²) in [6, 6.07) is 9.17. The quantitative estimate of drug-likeness (QED) is 0.629. The van der Waals surface area contributed by atoms with Crippen molar-refractivity contribution in [3.63, 3.8) is 0 Å². The third kappa shape index (κ3) is 3.16. The smallest absolute Gasteiger partial charge is 0.267 e. The molecule has 1 N–H and O–H groups in total. The molecule has 1 saturated carbocycles. The predicted octanol–water partition coefficient (Wildman–Crippen LogP) is 2.98. The van der Waals surface area contributed by atoms with Gasteiger partial charge >= 0.3 is 0 Å². The molecule has 3 nitrogen and oxygen atoms in total. The predicted molar refractivity (Wildman–Crippen MR) is 69.0 cm³/mol. The lowest BCUT2D eigenvalue weighted by Gasteiger charge is -2.08. The van der Waals surface area contributed by atoms with Gasteiger partial charge in [0.2, 0.25) is 0 Å². The summed E-state index contributed by atoms with van der Waals surface area (Å²) in [5.74, 6) is 0.425. The summed E-state index contributed by atoms with van der Waals surface area (Å²) < 4.78 is 0. The van der Waals surface area contributed by atoms with Crippen LogP contribution in [0.4, 0.5) is 0 Å². The number of rotatable bonds is 3. The van der Waals surface area contributed by atoms with Gasteiger partial charge < -0.3 is 0 Å². The fraction of sp³-hybridized carbons (Fsp3) is 0.429. The fourth-order valence-electron chi connectivity index (χ4n) is 2.23. The van der Waals surface area contributed by atoms with Crippen molar-refractivity contribution in [3.05, 3.63) is 35.9 Å². The third-order valence-corrected chi connectivity index (χ3v) is 3.32. The molecule has 0 aromatic heterocycles.